The van der Waals surface area contributed by atoms with Crippen molar-refractivity contribution < 1.29 is 9.53 Å². The summed E-state index contributed by atoms with van der Waals surface area (Å²) >= 11 is 0. The van der Waals surface area contributed by atoms with Crippen LogP contribution in [-0.2, 0) is 11.2 Å². The Kier molecular flexibility index (Phi) is 8.27. The van der Waals surface area contributed by atoms with E-state index in [1.807, 2.05) is 12.1 Å². The lowest BCUT2D eigenvalue weighted by Crippen LogP contribution is -2.27. The highest BCUT2D eigenvalue weighted by molar-refractivity contribution is 5.95. The molecule has 0 heterocycles. The lowest BCUT2D eigenvalue weighted by atomic mass is 10.0. The van der Waals surface area contributed by atoms with E-state index >= 15 is 0 Å². The molecule has 4 nitrogen and oxygen atoms in total. The molecule has 0 fully saturated rings. The van der Waals surface area contributed by atoms with Gasteiger partial charge in [0.2, 0.25) is 0 Å². The van der Waals surface area contributed by atoms with Crippen molar-refractivity contribution >= 4 is 11.7 Å². The Morgan fingerprint density at radius 1 is 1.25 bits per heavy atom. The van der Waals surface area contributed by atoms with Gasteiger partial charge in [0.25, 0.3) is 0 Å². The number of esters is 1. The fraction of sp³-hybridized carbons (Fsp3) is 0.450. The van der Waals surface area contributed by atoms with E-state index in [9.17, 15) is 4.79 Å². The number of hydrogen-bond donors (Lipinski definition) is 1. The Labute approximate surface area is 146 Å². The maximum Gasteiger partial charge on any atom is 0.340 e. The Morgan fingerprint density at radius 2 is 1.96 bits per heavy atom. The fourth-order valence-corrected chi connectivity index (χ4v) is 2.36. The molecule has 0 amide bonds. The van der Waals surface area contributed by atoms with Crippen LogP contribution in [0.3, 0.4) is 0 Å². The number of anilines is 1. The van der Waals surface area contributed by atoms with Crippen molar-refractivity contribution in [1.82, 2.24) is 0 Å². The lowest BCUT2D eigenvalue weighted by molar-refractivity contribution is 0.0527. The first-order valence-corrected chi connectivity index (χ1v) is 8.42. The first kappa shape index (κ1) is 20.0. The van der Waals surface area contributed by atoms with Crippen LogP contribution < -0.4 is 10.9 Å². The number of hydrazine groups is 1. The summed E-state index contributed by atoms with van der Waals surface area (Å²) in [6.45, 7) is 8.54. The Hall–Kier alpha value is -2.07. The summed E-state index contributed by atoms with van der Waals surface area (Å²) in [4.78, 5) is 12.0. The molecule has 0 aromatic heterocycles. The van der Waals surface area contributed by atoms with Gasteiger partial charge < -0.3 is 9.75 Å². The maximum atomic E-state index is 12.0. The monoisotopic (exact) mass is 330 g/mol. The van der Waals surface area contributed by atoms with Gasteiger partial charge >= 0.3 is 5.97 Å². The van der Waals surface area contributed by atoms with Crippen LogP contribution in [0.25, 0.3) is 0 Å². The molecule has 0 unspecified atom stereocenters. The van der Waals surface area contributed by atoms with E-state index in [2.05, 4.69) is 32.9 Å². The Bertz CT molecular complexity index is 612. The van der Waals surface area contributed by atoms with Crippen LogP contribution in [0.15, 0.2) is 41.5 Å². The zero-order valence-corrected chi connectivity index (χ0v) is 15.6. The molecular weight excluding hydrogens is 300 g/mol. The van der Waals surface area contributed by atoms with Gasteiger partial charge in [0.15, 0.2) is 0 Å². The third kappa shape index (κ3) is 6.59. The third-order valence-corrected chi connectivity index (χ3v) is 3.71. The molecule has 4 heteroatoms. The van der Waals surface area contributed by atoms with Gasteiger partial charge in [-0.1, -0.05) is 29.4 Å². The normalized spacial score (nSPS) is 11.2. The molecule has 0 radical (unpaired) electrons. The van der Waals surface area contributed by atoms with Crippen molar-refractivity contribution in [1.29, 1.82) is 0 Å². The van der Waals surface area contributed by atoms with E-state index in [1.54, 1.807) is 20.0 Å². The van der Waals surface area contributed by atoms with Crippen LogP contribution in [-0.4, -0.2) is 19.6 Å². The lowest BCUT2D eigenvalue weighted by Gasteiger charge is -2.17. The van der Waals surface area contributed by atoms with Crippen LogP contribution >= 0.6 is 0 Å². The molecule has 1 aromatic carbocycles. The summed E-state index contributed by atoms with van der Waals surface area (Å²) in [7, 11) is 1.72. The number of nitrogens with zero attached hydrogens (tertiary/aromatic N) is 1. The number of ether oxygens (including phenoxy) is 1. The van der Waals surface area contributed by atoms with Crippen LogP contribution in [0.5, 0.6) is 0 Å². The maximum absolute atomic E-state index is 12.0. The smallest absolute Gasteiger partial charge is 0.340 e. The van der Waals surface area contributed by atoms with Crippen molar-refractivity contribution in [3.05, 3.63) is 52.6 Å². The summed E-state index contributed by atoms with van der Waals surface area (Å²) in [6, 6.07) is 5.70. The minimum atomic E-state index is -0.343. The van der Waals surface area contributed by atoms with Crippen molar-refractivity contribution in [2.45, 2.75) is 47.0 Å². The second-order valence-electron chi connectivity index (χ2n) is 6.26. The van der Waals surface area contributed by atoms with Gasteiger partial charge in [-0.25, -0.2) is 10.6 Å². The number of allylic oxidation sites excluding steroid dienone is 4. The number of carbonyl (C=O) groups excluding carboxylic acids is 1. The Balaban J connectivity index is 2.84. The SMILES string of the molecule is CCOC(=O)c1ccc(C/C=C(\C)CCC=C(C)C)cc1N(C)N. The molecule has 132 valence electrons. The zero-order chi connectivity index (χ0) is 18.1. The topological polar surface area (TPSA) is 55.6 Å². The third-order valence-electron chi connectivity index (χ3n) is 3.71. The molecular formula is C20H30N2O2. The largest absolute Gasteiger partial charge is 0.462 e. The summed E-state index contributed by atoms with van der Waals surface area (Å²) < 4.78 is 5.08. The van der Waals surface area contributed by atoms with Crippen molar-refractivity contribution in [2.24, 2.45) is 5.84 Å². The van der Waals surface area contributed by atoms with Gasteiger partial charge in [-0.05, 0) is 64.7 Å². The summed E-state index contributed by atoms with van der Waals surface area (Å²) in [5, 5.41) is 1.46. The molecule has 0 saturated heterocycles. The van der Waals surface area contributed by atoms with Crippen LogP contribution in [0.4, 0.5) is 5.69 Å². The number of benzene rings is 1. The average molecular weight is 330 g/mol. The number of rotatable bonds is 8. The van der Waals surface area contributed by atoms with Crippen LogP contribution in [0.2, 0.25) is 0 Å². The molecule has 0 bridgehead atoms. The minimum absolute atomic E-state index is 0.343. The van der Waals surface area contributed by atoms with Gasteiger partial charge in [0, 0.05) is 7.05 Å². The number of hydrogen-bond acceptors (Lipinski definition) is 4. The molecule has 0 saturated carbocycles. The zero-order valence-electron chi connectivity index (χ0n) is 15.6. The highest BCUT2D eigenvalue weighted by atomic mass is 16.5. The van der Waals surface area contributed by atoms with E-state index in [-0.39, 0.29) is 5.97 Å². The highest BCUT2D eigenvalue weighted by Crippen LogP contribution is 2.22. The molecule has 24 heavy (non-hydrogen) atoms. The molecule has 1 rings (SSSR count). The first-order chi connectivity index (χ1) is 11.3. The number of nitrogens with two attached hydrogens (primary N) is 1. The minimum Gasteiger partial charge on any atom is -0.462 e. The van der Waals surface area contributed by atoms with Gasteiger partial charge in [0.05, 0.1) is 17.9 Å². The summed E-state index contributed by atoms with van der Waals surface area (Å²) in [6.07, 6.45) is 7.45. The van der Waals surface area contributed by atoms with Crippen molar-refractivity contribution in [3.8, 4) is 0 Å². The molecule has 2 N–H and O–H groups in total. The predicted octanol–water partition coefficient (Wildman–Crippen LogP) is 4.41. The summed E-state index contributed by atoms with van der Waals surface area (Å²) in [5.74, 6) is 5.53. The second kappa shape index (κ2) is 9.93. The Morgan fingerprint density at radius 3 is 2.54 bits per heavy atom. The summed E-state index contributed by atoms with van der Waals surface area (Å²) in [5.41, 5.74) is 5.02. The van der Waals surface area contributed by atoms with Gasteiger partial charge in [-0.3, -0.25) is 0 Å². The molecule has 0 spiro atoms. The molecule has 0 atom stereocenters. The standard InChI is InChI=1S/C20H30N2O2/c1-6-24-20(23)18-13-12-17(14-19(18)22(5)21)11-10-16(4)9-7-8-15(2)3/h8,10,12-14H,6-7,9,11,21H2,1-5H3/b16-10+. The molecule has 1 aromatic rings. The van der Waals surface area contributed by atoms with E-state index in [4.69, 9.17) is 10.6 Å². The van der Waals surface area contributed by atoms with Crippen molar-refractivity contribution in [2.75, 3.05) is 18.7 Å². The average Bonchev–Trinajstić information content (AvgIpc) is 2.52. The molecule has 0 aliphatic rings. The fourth-order valence-electron chi connectivity index (χ4n) is 2.36. The predicted molar refractivity (Wildman–Crippen MR) is 101 cm³/mol. The van der Waals surface area contributed by atoms with Gasteiger partial charge in [0.1, 0.15) is 0 Å². The van der Waals surface area contributed by atoms with Gasteiger partial charge in [-0.15, -0.1) is 0 Å². The number of carbonyl (C=O) groups is 1. The van der Waals surface area contributed by atoms with E-state index < -0.39 is 0 Å². The van der Waals surface area contributed by atoms with Crippen molar-refractivity contribution in [3.63, 3.8) is 0 Å². The van der Waals surface area contributed by atoms with E-state index in [1.165, 1.54) is 16.2 Å². The van der Waals surface area contributed by atoms with E-state index in [0.717, 1.165) is 24.8 Å². The second-order valence-corrected chi connectivity index (χ2v) is 6.26. The van der Waals surface area contributed by atoms with E-state index in [0.29, 0.717) is 17.9 Å². The highest BCUT2D eigenvalue weighted by Gasteiger charge is 2.14. The van der Waals surface area contributed by atoms with Gasteiger partial charge in [-0.2, -0.15) is 0 Å². The molecule has 0 aliphatic heterocycles. The molecule has 0 aliphatic carbocycles. The van der Waals surface area contributed by atoms with Crippen LogP contribution in [0, 0.1) is 0 Å². The van der Waals surface area contributed by atoms with Crippen LogP contribution in [0.1, 0.15) is 56.5 Å². The quantitative estimate of drug-likeness (QED) is 0.332. The first-order valence-electron chi connectivity index (χ1n) is 8.42.